The second-order valence-electron chi connectivity index (χ2n) is 5.05. The van der Waals surface area contributed by atoms with Gasteiger partial charge in [0.15, 0.2) is 0 Å². The van der Waals surface area contributed by atoms with Crippen molar-refractivity contribution in [2.75, 3.05) is 13.2 Å². The lowest BCUT2D eigenvalue weighted by molar-refractivity contribution is 0.348. The molecule has 2 aromatic heterocycles. The van der Waals surface area contributed by atoms with E-state index in [1.807, 2.05) is 42.5 Å². The predicted octanol–water partition coefficient (Wildman–Crippen LogP) is 3.91. The minimum atomic E-state index is 0. The van der Waals surface area contributed by atoms with Gasteiger partial charge in [-0.2, -0.15) is 0 Å². The van der Waals surface area contributed by atoms with Crippen molar-refractivity contribution in [3.63, 3.8) is 0 Å². The van der Waals surface area contributed by atoms with Crippen molar-refractivity contribution in [2.45, 2.75) is 0 Å². The third-order valence-electron chi connectivity index (χ3n) is 3.48. The van der Waals surface area contributed by atoms with Gasteiger partial charge in [0.1, 0.15) is 12.4 Å². The molecule has 0 saturated heterocycles. The number of nitrogens with two attached hydrogens (primary N) is 1. The Morgan fingerprint density at radius 3 is 2.62 bits per heavy atom. The van der Waals surface area contributed by atoms with Gasteiger partial charge in [-0.25, -0.2) is 9.37 Å². The van der Waals surface area contributed by atoms with Crippen LogP contribution in [-0.2, 0) is 0 Å². The Kier molecular flexibility index (Phi) is 6.23. The Morgan fingerprint density at radius 1 is 1.12 bits per heavy atom. The Labute approximate surface area is 145 Å². The third kappa shape index (κ3) is 4.07. The van der Waals surface area contributed by atoms with Crippen LogP contribution in [0.2, 0.25) is 0 Å². The Balaban J connectivity index is 0.00000208. The van der Waals surface area contributed by atoms with E-state index >= 15 is 0 Å². The average Bonchev–Trinajstić information content (AvgIpc) is 2.63. The van der Waals surface area contributed by atoms with Gasteiger partial charge in [0.25, 0.3) is 0 Å². The van der Waals surface area contributed by atoms with Gasteiger partial charge in [0.05, 0.1) is 17.5 Å². The number of benzene rings is 1. The molecule has 1 aromatic carbocycles. The zero-order valence-electron chi connectivity index (χ0n) is 12.9. The van der Waals surface area contributed by atoms with E-state index in [0.29, 0.717) is 17.7 Å². The maximum absolute atomic E-state index is 12.5. The first-order valence-electron chi connectivity index (χ1n) is 7.22. The molecule has 0 aliphatic rings. The minimum Gasteiger partial charge on any atom is -0.489 e. The first-order chi connectivity index (χ1) is 11.3. The molecule has 0 saturated carbocycles. The summed E-state index contributed by atoms with van der Waals surface area (Å²) < 4.78 is 18.0. The van der Waals surface area contributed by atoms with Gasteiger partial charge in [-0.05, 0) is 36.4 Å². The number of fused-ring (bicyclic) bond motifs is 1. The summed E-state index contributed by atoms with van der Waals surface area (Å²) >= 11 is 0. The van der Waals surface area contributed by atoms with Gasteiger partial charge in [-0.3, -0.25) is 4.98 Å². The molecular formula is C18H17ClFN3O. The van der Waals surface area contributed by atoms with Gasteiger partial charge >= 0.3 is 0 Å². The fourth-order valence-corrected chi connectivity index (χ4v) is 2.19. The smallest absolute Gasteiger partial charge is 0.120 e. The van der Waals surface area contributed by atoms with Crippen LogP contribution in [0.5, 0.6) is 5.75 Å². The van der Waals surface area contributed by atoms with Crippen molar-refractivity contribution in [2.24, 2.45) is 5.73 Å². The van der Waals surface area contributed by atoms with E-state index < -0.39 is 0 Å². The largest absolute Gasteiger partial charge is 0.489 e. The molecular weight excluding hydrogens is 329 g/mol. The topological polar surface area (TPSA) is 61.0 Å². The molecule has 0 unspecified atom stereocenters. The molecule has 2 N–H and O–H groups in total. The van der Waals surface area contributed by atoms with E-state index in [9.17, 15) is 4.39 Å². The molecule has 3 rings (SSSR count). The zero-order chi connectivity index (χ0) is 16.1. The Morgan fingerprint density at radius 2 is 1.92 bits per heavy atom. The summed E-state index contributed by atoms with van der Waals surface area (Å²) in [5.74, 6) is 0.656. The summed E-state index contributed by atoms with van der Waals surface area (Å²) in [6.07, 6.45) is 3.97. The number of hydrogen-bond donors (Lipinski definition) is 1. The number of pyridine rings is 2. The van der Waals surface area contributed by atoms with Crippen LogP contribution >= 0.6 is 12.4 Å². The van der Waals surface area contributed by atoms with E-state index in [4.69, 9.17) is 10.5 Å². The lowest BCUT2D eigenvalue weighted by Crippen LogP contribution is -2.10. The number of hydrogen-bond acceptors (Lipinski definition) is 4. The first kappa shape index (κ1) is 17.8. The van der Waals surface area contributed by atoms with Gasteiger partial charge in [-0.15, -0.1) is 12.4 Å². The predicted molar refractivity (Wildman–Crippen MR) is 96.0 cm³/mol. The number of aromatic nitrogens is 2. The van der Waals surface area contributed by atoms with Crippen LogP contribution in [0, 0.1) is 0 Å². The highest BCUT2D eigenvalue weighted by Crippen LogP contribution is 2.24. The van der Waals surface area contributed by atoms with Crippen LogP contribution in [0.3, 0.4) is 0 Å². The maximum atomic E-state index is 12.5. The lowest BCUT2D eigenvalue weighted by atomic mass is 10.1. The highest BCUT2D eigenvalue weighted by Gasteiger charge is 2.04. The zero-order valence-corrected chi connectivity index (χ0v) is 13.7. The van der Waals surface area contributed by atoms with E-state index in [-0.39, 0.29) is 25.6 Å². The molecule has 0 aliphatic carbocycles. The molecule has 0 spiro atoms. The molecule has 124 valence electrons. The first-order valence-corrected chi connectivity index (χ1v) is 7.22. The summed E-state index contributed by atoms with van der Waals surface area (Å²) in [5.41, 5.74) is 8.59. The van der Waals surface area contributed by atoms with Crippen molar-refractivity contribution in [3.8, 4) is 17.0 Å². The molecule has 4 nitrogen and oxygen atoms in total. The number of nitrogens with zero attached hydrogens (tertiary/aromatic N) is 2. The average molecular weight is 346 g/mol. The molecule has 3 aromatic rings. The Hall–Kier alpha value is -2.50. The maximum Gasteiger partial charge on any atom is 0.120 e. The van der Waals surface area contributed by atoms with E-state index in [2.05, 4.69) is 9.97 Å². The van der Waals surface area contributed by atoms with Crippen molar-refractivity contribution >= 4 is 23.3 Å². The fraction of sp³-hybridized carbons (Fsp3) is 0.111. The van der Waals surface area contributed by atoms with Crippen LogP contribution in [0.4, 0.5) is 4.39 Å². The normalized spacial score (nSPS) is 11.2. The van der Waals surface area contributed by atoms with E-state index in [1.165, 1.54) is 0 Å². The molecule has 0 amide bonds. The summed E-state index contributed by atoms with van der Waals surface area (Å²) in [4.78, 5) is 8.65. The second kappa shape index (κ2) is 8.38. The SMILES string of the molecule is Cl.NC/C(=C\F)COc1ccc2nc(-c3ccncc3)ccc2c1. The summed E-state index contributed by atoms with van der Waals surface area (Å²) in [6, 6.07) is 13.4. The van der Waals surface area contributed by atoms with Crippen LogP contribution in [0.15, 0.2) is 66.8 Å². The molecule has 2 heterocycles. The highest BCUT2D eigenvalue weighted by molar-refractivity contribution is 5.85. The quantitative estimate of drug-likeness (QED) is 0.761. The van der Waals surface area contributed by atoms with Crippen LogP contribution in [0.1, 0.15) is 0 Å². The van der Waals surface area contributed by atoms with Gasteiger partial charge in [0, 0.05) is 35.5 Å². The number of halogens is 2. The molecule has 0 fully saturated rings. The molecule has 6 heteroatoms. The molecule has 0 bridgehead atoms. The standard InChI is InChI=1S/C18H16FN3O.ClH/c19-10-13(11-20)12-23-16-2-4-18-15(9-16)1-3-17(22-18)14-5-7-21-8-6-14;/h1-10H,11-12,20H2;1H/b13-10+;. The minimum absolute atomic E-state index is 0. The molecule has 0 aliphatic heterocycles. The third-order valence-corrected chi connectivity index (χ3v) is 3.48. The second-order valence-corrected chi connectivity index (χ2v) is 5.05. The van der Waals surface area contributed by atoms with Crippen molar-refractivity contribution < 1.29 is 9.13 Å². The lowest BCUT2D eigenvalue weighted by Gasteiger charge is -2.09. The van der Waals surface area contributed by atoms with Crippen LogP contribution in [0.25, 0.3) is 22.2 Å². The highest BCUT2D eigenvalue weighted by atomic mass is 35.5. The molecule has 0 atom stereocenters. The van der Waals surface area contributed by atoms with Gasteiger partial charge in [0.2, 0.25) is 0 Å². The number of rotatable bonds is 5. The van der Waals surface area contributed by atoms with Crippen LogP contribution < -0.4 is 10.5 Å². The Bertz CT molecular complexity index is 840. The number of ether oxygens (including phenoxy) is 1. The summed E-state index contributed by atoms with van der Waals surface area (Å²) in [5, 5.41) is 0.957. The van der Waals surface area contributed by atoms with Gasteiger partial charge in [-0.1, -0.05) is 6.07 Å². The van der Waals surface area contributed by atoms with Crippen molar-refractivity contribution in [1.29, 1.82) is 0 Å². The van der Waals surface area contributed by atoms with Crippen LogP contribution in [-0.4, -0.2) is 23.1 Å². The van der Waals surface area contributed by atoms with E-state index in [1.54, 1.807) is 12.4 Å². The van der Waals surface area contributed by atoms with Gasteiger partial charge < -0.3 is 10.5 Å². The molecule has 24 heavy (non-hydrogen) atoms. The van der Waals surface area contributed by atoms with Crippen molar-refractivity contribution in [3.05, 3.63) is 66.8 Å². The summed E-state index contributed by atoms with van der Waals surface area (Å²) in [6.45, 7) is 0.280. The van der Waals surface area contributed by atoms with Crippen molar-refractivity contribution in [1.82, 2.24) is 9.97 Å². The monoisotopic (exact) mass is 345 g/mol. The van der Waals surface area contributed by atoms with E-state index in [0.717, 1.165) is 22.2 Å². The fourth-order valence-electron chi connectivity index (χ4n) is 2.19. The summed E-state index contributed by atoms with van der Waals surface area (Å²) in [7, 11) is 0. The molecule has 0 radical (unpaired) electrons.